The van der Waals surface area contributed by atoms with Crippen molar-refractivity contribution in [2.75, 3.05) is 6.54 Å². The van der Waals surface area contributed by atoms with Gasteiger partial charge in [0.15, 0.2) is 0 Å². The molecule has 2 fully saturated rings. The predicted octanol–water partition coefficient (Wildman–Crippen LogP) is 7.53. The lowest BCUT2D eigenvalue weighted by molar-refractivity contribution is -0.463. The number of hydrogen-bond donors (Lipinski definition) is 3. The van der Waals surface area contributed by atoms with Crippen molar-refractivity contribution in [3.05, 3.63) is 0 Å². The van der Waals surface area contributed by atoms with Gasteiger partial charge in [0.05, 0.1) is 18.6 Å². The maximum Gasteiger partial charge on any atom is 0.343 e. The Kier molecular flexibility index (Phi) is 18.7. The zero-order valence-corrected chi connectivity index (χ0v) is 23.2. The monoisotopic (exact) mass is 476 g/mol. The molecule has 0 aliphatic heterocycles. The van der Waals surface area contributed by atoms with Gasteiger partial charge in [-0.05, 0) is 32.1 Å². The van der Waals surface area contributed by atoms with E-state index < -0.39 is 0 Å². The summed E-state index contributed by atoms with van der Waals surface area (Å²) in [6.45, 7) is 3.42. The molecule has 2 rings (SSSR count). The topological polar surface area (TPSA) is 38.0 Å². The smallest absolute Gasteiger partial charge is 0.278 e. The Bertz CT molecular complexity index is 441. The van der Waals surface area contributed by atoms with Crippen molar-refractivity contribution >= 4 is 5.96 Å². The second kappa shape index (κ2) is 21.5. The van der Waals surface area contributed by atoms with E-state index in [-0.39, 0.29) is 0 Å². The van der Waals surface area contributed by atoms with E-state index >= 15 is 0 Å². The van der Waals surface area contributed by atoms with Gasteiger partial charge < -0.3 is 0 Å². The van der Waals surface area contributed by atoms with E-state index in [2.05, 4.69) is 22.5 Å². The Morgan fingerprint density at radius 2 is 0.853 bits per heavy atom. The lowest BCUT2D eigenvalue weighted by atomic mass is 9.95. The van der Waals surface area contributed by atoms with E-state index in [0.717, 1.165) is 6.54 Å². The summed E-state index contributed by atoms with van der Waals surface area (Å²) >= 11 is 0. The van der Waals surface area contributed by atoms with Crippen LogP contribution in [0.5, 0.6) is 0 Å². The van der Waals surface area contributed by atoms with E-state index in [0.29, 0.717) is 12.1 Å². The van der Waals surface area contributed by atoms with Crippen molar-refractivity contribution in [3.63, 3.8) is 0 Å². The third-order valence-corrected chi connectivity index (χ3v) is 8.24. The lowest BCUT2D eigenvalue weighted by Gasteiger charge is -2.24. The third-order valence-electron chi connectivity index (χ3n) is 8.24. The van der Waals surface area contributed by atoms with Gasteiger partial charge in [-0.15, -0.1) is 0 Å². The van der Waals surface area contributed by atoms with Gasteiger partial charge in [-0.25, -0.2) is 0 Å². The van der Waals surface area contributed by atoms with Crippen LogP contribution in [0.2, 0.25) is 0 Å². The van der Waals surface area contributed by atoms with Crippen LogP contribution in [-0.4, -0.2) is 24.6 Å². The van der Waals surface area contributed by atoms with Crippen LogP contribution in [0, 0.1) is 0 Å². The van der Waals surface area contributed by atoms with Crippen molar-refractivity contribution < 1.29 is 4.99 Å². The lowest BCUT2D eigenvalue weighted by Crippen LogP contribution is -2.81. The number of guanidine groups is 1. The first-order valence-electron chi connectivity index (χ1n) is 16.0. The fourth-order valence-corrected chi connectivity index (χ4v) is 5.93. The molecule has 3 nitrogen and oxygen atoms in total. The van der Waals surface area contributed by atoms with Crippen LogP contribution in [0.15, 0.2) is 0 Å². The van der Waals surface area contributed by atoms with Crippen LogP contribution in [0.3, 0.4) is 0 Å². The van der Waals surface area contributed by atoms with E-state index in [1.165, 1.54) is 173 Å². The summed E-state index contributed by atoms with van der Waals surface area (Å²) in [7, 11) is 0. The number of unbranched alkanes of at least 4 members (excludes halogenated alkanes) is 15. The summed E-state index contributed by atoms with van der Waals surface area (Å²) in [6.07, 6.45) is 36.8. The standard InChI is InChI=1S/C31H61N3/c1-2-3-4-5-6-7-8-9-10-11-12-13-14-15-16-23-28-32-31(33-29-24-19-17-20-25-29)34-30-26-21-18-22-27-30/h29-30H,2-28H2,1H3,(H2,32,33,34)/p+1. The van der Waals surface area contributed by atoms with Gasteiger partial charge in [-0.1, -0.05) is 142 Å². The molecule has 3 heteroatoms. The number of rotatable bonds is 19. The molecule has 2 aliphatic carbocycles. The summed E-state index contributed by atoms with van der Waals surface area (Å²) < 4.78 is 0. The fraction of sp³-hybridized carbons (Fsp3) is 0.968. The maximum atomic E-state index is 3.85. The first-order chi connectivity index (χ1) is 16.9. The van der Waals surface area contributed by atoms with Crippen molar-refractivity contribution in [2.24, 2.45) is 0 Å². The summed E-state index contributed by atoms with van der Waals surface area (Å²) in [4.78, 5) is 3.76. The Morgan fingerprint density at radius 1 is 0.500 bits per heavy atom. The fourth-order valence-electron chi connectivity index (χ4n) is 5.93. The molecule has 0 aromatic rings. The Morgan fingerprint density at radius 3 is 1.24 bits per heavy atom. The highest BCUT2D eigenvalue weighted by Gasteiger charge is 2.23. The van der Waals surface area contributed by atoms with Crippen LogP contribution < -0.4 is 15.6 Å². The van der Waals surface area contributed by atoms with Crippen molar-refractivity contribution in [1.82, 2.24) is 10.6 Å². The first-order valence-corrected chi connectivity index (χ1v) is 16.0. The van der Waals surface area contributed by atoms with Gasteiger partial charge in [0.1, 0.15) is 0 Å². The van der Waals surface area contributed by atoms with E-state index in [1.54, 1.807) is 0 Å². The average Bonchev–Trinajstić information content (AvgIpc) is 2.87. The van der Waals surface area contributed by atoms with Gasteiger partial charge in [-0.2, -0.15) is 0 Å². The Labute approximate surface area is 214 Å². The molecule has 0 saturated heterocycles. The molecule has 2 aliphatic rings. The van der Waals surface area contributed by atoms with Crippen molar-refractivity contribution in [3.8, 4) is 0 Å². The van der Waals surface area contributed by atoms with Gasteiger partial charge in [0.25, 0.3) is 0 Å². The summed E-state index contributed by atoms with van der Waals surface area (Å²) in [6, 6.07) is 1.36. The van der Waals surface area contributed by atoms with Gasteiger partial charge in [-0.3, -0.25) is 15.6 Å². The molecule has 0 atom stereocenters. The molecule has 0 amide bonds. The van der Waals surface area contributed by atoms with Gasteiger partial charge in [0.2, 0.25) is 0 Å². The van der Waals surface area contributed by atoms with E-state index in [4.69, 9.17) is 0 Å². The molecular formula is C31H62N3+. The predicted molar refractivity (Wildman–Crippen MR) is 150 cm³/mol. The van der Waals surface area contributed by atoms with E-state index in [1.807, 2.05) is 0 Å². The summed E-state index contributed by atoms with van der Waals surface area (Å²) in [5.74, 6) is 1.25. The average molecular weight is 477 g/mol. The van der Waals surface area contributed by atoms with Crippen molar-refractivity contribution in [2.45, 2.75) is 186 Å². The quantitative estimate of drug-likeness (QED) is 0.102. The molecule has 2 saturated carbocycles. The largest absolute Gasteiger partial charge is 0.343 e. The van der Waals surface area contributed by atoms with Crippen LogP contribution in [0.25, 0.3) is 0 Å². The molecule has 0 radical (unpaired) electrons. The summed E-state index contributed by atoms with van der Waals surface area (Å²) in [5.41, 5.74) is 0. The SMILES string of the molecule is CCCCCCCCCCCCCCCCCC[NH+]=C(NC1CCCCC1)NC1CCCCC1. The molecule has 34 heavy (non-hydrogen) atoms. The highest BCUT2D eigenvalue weighted by molar-refractivity contribution is 5.74. The van der Waals surface area contributed by atoms with E-state index in [9.17, 15) is 0 Å². The molecule has 0 spiro atoms. The van der Waals surface area contributed by atoms with Gasteiger partial charge >= 0.3 is 5.96 Å². The normalized spacial score (nSPS) is 17.6. The zero-order chi connectivity index (χ0) is 23.9. The minimum Gasteiger partial charge on any atom is -0.278 e. The Balaban J connectivity index is 1.44. The molecule has 0 aromatic carbocycles. The Hall–Kier alpha value is -0.730. The molecule has 0 bridgehead atoms. The second-order valence-corrected chi connectivity index (χ2v) is 11.6. The second-order valence-electron chi connectivity index (χ2n) is 11.6. The highest BCUT2D eigenvalue weighted by atomic mass is 15.2. The molecule has 0 aromatic heterocycles. The highest BCUT2D eigenvalue weighted by Crippen LogP contribution is 2.19. The summed E-state index contributed by atoms with van der Waals surface area (Å²) in [5, 5.41) is 7.70. The first kappa shape index (κ1) is 29.5. The molecule has 0 heterocycles. The van der Waals surface area contributed by atoms with Crippen LogP contribution in [0.1, 0.15) is 174 Å². The van der Waals surface area contributed by atoms with Crippen molar-refractivity contribution in [1.29, 1.82) is 0 Å². The number of nitrogens with one attached hydrogen (secondary N) is 3. The molecule has 0 unspecified atom stereocenters. The number of hydrogen-bond acceptors (Lipinski definition) is 0. The maximum absolute atomic E-state index is 3.85. The molecular weight excluding hydrogens is 414 g/mol. The minimum absolute atomic E-state index is 0.679. The third kappa shape index (κ3) is 16.0. The zero-order valence-electron chi connectivity index (χ0n) is 23.2. The minimum atomic E-state index is 0.679. The van der Waals surface area contributed by atoms with Crippen LogP contribution in [0.4, 0.5) is 0 Å². The molecule has 3 N–H and O–H groups in total. The molecule has 200 valence electrons. The van der Waals surface area contributed by atoms with Gasteiger partial charge in [0, 0.05) is 0 Å². The van der Waals surface area contributed by atoms with Crippen LogP contribution >= 0.6 is 0 Å². The van der Waals surface area contributed by atoms with Crippen LogP contribution in [-0.2, 0) is 0 Å².